The highest BCUT2D eigenvalue weighted by Gasteiger charge is 2.25. The second-order valence-corrected chi connectivity index (χ2v) is 4.60. The Morgan fingerprint density at radius 1 is 1.20 bits per heavy atom. The van der Waals surface area contributed by atoms with Crippen molar-refractivity contribution >= 4 is 5.97 Å². The van der Waals surface area contributed by atoms with E-state index in [9.17, 15) is 18.0 Å². The minimum absolute atomic E-state index is 0.154. The van der Waals surface area contributed by atoms with E-state index in [1.165, 1.54) is 0 Å². The van der Waals surface area contributed by atoms with Gasteiger partial charge < -0.3 is 4.74 Å². The average Bonchev–Trinajstić information content (AvgIpc) is 2.37. The van der Waals surface area contributed by atoms with Gasteiger partial charge in [-0.1, -0.05) is 18.6 Å². The van der Waals surface area contributed by atoms with Gasteiger partial charge in [0, 0.05) is 6.42 Å². The van der Waals surface area contributed by atoms with Crippen LogP contribution in [0.1, 0.15) is 48.5 Å². The van der Waals surface area contributed by atoms with Gasteiger partial charge >= 0.3 is 12.1 Å². The summed E-state index contributed by atoms with van der Waals surface area (Å²) < 4.78 is 40.8. The van der Waals surface area contributed by atoms with E-state index in [0.29, 0.717) is 31.4 Å². The summed E-state index contributed by atoms with van der Waals surface area (Å²) in [6.45, 7) is 2.06. The number of rotatable bonds is 7. The molecule has 20 heavy (non-hydrogen) atoms. The highest BCUT2D eigenvalue weighted by Crippen LogP contribution is 2.23. The molecule has 0 unspecified atom stereocenters. The van der Waals surface area contributed by atoms with Crippen LogP contribution >= 0.6 is 0 Å². The molecule has 1 aromatic rings. The minimum atomic E-state index is -4.07. The van der Waals surface area contributed by atoms with Crippen molar-refractivity contribution < 1.29 is 22.7 Å². The van der Waals surface area contributed by atoms with Crippen molar-refractivity contribution in [3.63, 3.8) is 0 Å². The smallest absolute Gasteiger partial charge is 0.389 e. The topological polar surface area (TPSA) is 26.3 Å². The lowest BCUT2D eigenvalue weighted by molar-refractivity contribution is -0.135. The van der Waals surface area contributed by atoms with Crippen LogP contribution in [0.2, 0.25) is 0 Å². The number of carbonyl (C=O) groups excluding carboxylic acids is 1. The lowest BCUT2D eigenvalue weighted by atomic mass is 10.0. The van der Waals surface area contributed by atoms with Crippen molar-refractivity contribution in [2.45, 2.75) is 45.2 Å². The summed E-state index contributed by atoms with van der Waals surface area (Å²) >= 11 is 0. The molecule has 0 amide bonds. The second kappa shape index (κ2) is 7.92. The predicted molar refractivity (Wildman–Crippen MR) is 70.6 cm³/mol. The average molecular weight is 288 g/mol. The highest BCUT2D eigenvalue weighted by molar-refractivity contribution is 5.89. The van der Waals surface area contributed by atoms with Crippen LogP contribution in [0.3, 0.4) is 0 Å². The zero-order valence-electron chi connectivity index (χ0n) is 11.5. The quantitative estimate of drug-likeness (QED) is 0.544. The molecule has 2 nitrogen and oxygen atoms in total. The molecule has 1 rings (SSSR count). The monoisotopic (exact) mass is 288 g/mol. The Kier molecular flexibility index (Phi) is 6.55. The number of hydrogen-bond acceptors (Lipinski definition) is 2. The number of unbranched alkanes of at least 4 members (excludes halogenated alkanes) is 2. The maximum atomic E-state index is 12.0. The Morgan fingerprint density at radius 3 is 2.60 bits per heavy atom. The summed E-state index contributed by atoms with van der Waals surface area (Å²) in [5.41, 5.74) is 1.43. The molecule has 1 aromatic carbocycles. The second-order valence-electron chi connectivity index (χ2n) is 4.60. The van der Waals surface area contributed by atoms with Gasteiger partial charge in [0.05, 0.1) is 12.2 Å². The third kappa shape index (κ3) is 6.59. The summed E-state index contributed by atoms with van der Waals surface area (Å²) in [6.07, 6.45) is -2.75. The molecule has 0 aliphatic carbocycles. The molecular weight excluding hydrogens is 269 g/mol. The van der Waals surface area contributed by atoms with Crippen LogP contribution in [-0.4, -0.2) is 18.8 Å². The largest absolute Gasteiger partial charge is 0.462 e. The molecule has 0 N–H and O–H groups in total. The van der Waals surface area contributed by atoms with Gasteiger partial charge in [-0.15, -0.1) is 0 Å². The van der Waals surface area contributed by atoms with Gasteiger partial charge in [-0.3, -0.25) is 0 Å². The molecule has 0 spiro atoms. The van der Waals surface area contributed by atoms with Gasteiger partial charge in [0.1, 0.15) is 0 Å². The Balaban J connectivity index is 2.37. The number of hydrogen-bond donors (Lipinski definition) is 0. The number of benzene rings is 1. The van der Waals surface area contributed by atoms with Crippen molar-refractivity contribution in [2.24, 2.45) is 0 Å². The standard InChI is InChI=1S/C15H19F3O2/c1-2-20-14(19)13-9-6-8-12(11-13)7-4-3-5-10-15(16,17)18/h6,8-9,11H,2-5,7,10H2,1H3. The zero-order chi connectivity index (χ0) is 15.0. The van der Waals surface area contributed by atoms with Gasteiger partial charge in [0.2, 0.25) is 0 Å². The predicted octanol–water partition coefficient (Wildman–Crippen LogP) is 4.53. The van der Waals surface area contributed by atoms with Crippen LogP contribution in [0, 0.1) is 0 Å². The van der Waals surface area contributed by atoms with Crippen LogP contribution in [0.4, 0.5) is 13.2 Å². The van der Waals surface area contributed by atoms with Crippen LogP contribution in [0.25, 0.3) is 0 Å². The first-order valence-electron chi connectivity index (χ1n) is 6.75. The third-order valence-electron chi connectivity index (χ3n) is 2.86. The van der Waals surface area contributed by atoms with E-state index in [-0.39, 0.29) is 12.4 Å². The molecule has 0 aliphatic heterocycles. The molecule has 0 fully saturated rings. The lowest BCUT2D eigenvalue weighted by Gasteiger charge is -2.07. The molecule has 112 valence electrons. The van der Waals surface area contributed by atoms with Gasteiger partial charge in [0.15, 0.2) is 0 Å². The summed E-state index contributed by atoms with van der Waals surface area (Å²) in [7, 11) is 0. The summed E-state index contributed by atoms with van der Waals surface area (Å²) in [4.78, 5) is 11.5. The van der Waals surface area contributed by atoms with E-state index in [4.69, 9.17) is 4.74 Å². The van der Waals surface area contributed by atoms with Crippen molar-refractivity contribution in [2.75, 3.05) is 6.61 Å². The van der Waals surface area contributed by atoms with E-state index in [0.717, 1.165) is 5.56 Å². The van der Waals surface area contributed by atoms with E-state index < -0.39 is 12.6 Å². The molecule has 0 atom stereocenters. The number of carbonyl (C=O) groups is 1. The summed E-state index contributed by atoms with van der Waals surface area (Å²) in [6, 6.07) is 7.04. The number of aryl methyl sites for hydroxylation is 1. The maximum Gasteiger partial charge on any atom is 0.389 e. The fourth-order valence-electron chi connectivity index (χ4n) is 1.90. The van der Waals surface area contributed by atoms with Crippen LogP contribution in [-0.2, 0) is 11.2 Å². The molecule has 0 saturated carbocycles. The van der Waals surface area contributed by atoms with Gasteiger partial charge in [-0.05, 0) is 43.9 Å². The first-order valence-corrected chi connectivity index (χ1v) is 6.75. The van der Waals surface area contributed by atoms with Gasteiger partial charge in [-0.2, -0.15) is 13.2 Å². The Labute approximate surface area is 116 Å². The Bertz CT molecular complexity index is 427. The first-order chi connectivity index (χ1) is 9.42. The van der Waals surface area contributed by atoms with E-state index in [2.05, 4.69) is 0 Å². The molecule has 0 bridgehead atoms. The van der Waals surface area contributed by atoms with E-state index in [1.54, 1.807) is 25.1 Å². The molecule has 5 heteroatoms. The minimum Gasteiger partial charge on any atom is -0.462 e. The zero-order valence-corrected chi connectivity index (χ0v) is 11.5. The lowest BCUT2D eigenvalue weighted by Crippen LogP contribution is -2.06. The fraction of sp³-hybridized carbons (Fsp3) is 0.533. The molecular formula is C15H19F3O2. The maximum absolute atomic E-state index is 12.0. The van der Waals surface area contributed by atoms with Crippen LogP contribution < -0.4 is 0 Å². The van der Waals surface area contributed by atoms with E-state index >= 15 is 0 Å². The molecule has 0 heterocycles. The molecule has 0 aromatic heterocycles. The fourth-order valence-corrected chi connectivity index (χ4v) is 1.90. The van der Waals surface area contributed by atoms with E-state index in [1.807, 2.05) is 6.07 Å². The normalized spacial score (nSPS) is 11.4. The third-order valence-corrected chi connectivity index (χ3v) is 2.86. The molecule has 0 aliphatic rings. The van der Waals surface area contributed by atoms with Crippen molar-refractivity contribution in [1.29, 1.82) is 0 Å². The van der Waals surface area contributed by atoms with Gasteiger partial charge in [0.25, 0.3) is 0 Å². The number of alkyl halides is 3. The molecule has 0 saturated heterocycles. The SMILES string of the molecule is CCOC(=O)c1cccc(CCCCCC(F)(F)F)c1. The van der Waals surface area contributed by atoms with Gasteiger partial charge in [-0.25, -0.2) is 4.79 Å². The van der Waals surface area contributed by atoms with Crippen LogP contribution in [0.15, 0.2) is 24.3 Å². The Morgan fingerprint density at radius 2 is 1.95 bits per heavy atom. The van der Waals surface area contributed by atoms with Crippen molar-refractivity contribution in [3.05, 3.63) is 35.4 Å². The summed E-state index contributed by atoms with van der Waals surface area (Å²) in [5, 5.41) is 0. The summed E-state index contributed by atoms with van der Waals surface area (Å²) in [5.74, 6) is -0.369. The number of esters is 1. The number of halogens is 3. The molecule has 0 radical (unpaired) electrons. The van der Waals surface area contributed by atoms with Crippen molar-refractivity contribution in [1.82, 2.24) is 0 Å². The highest BCUT2D eigenvalue weighted by atomic mass is 19.4. The van der Waals surface area contributed by atoms with Crippen LogP contribution in [0.5, 0.6) is 0 Å². The number of ether oxygens (including phenoxy) is 1. The first kappa shape index (κ1) is 16.5. The Hall–Kier alpha value is -1.52. The van der Waals surface area contributed by atoms with Crippen molar-refractivity contribution in [3.8, 4) is 0 Å².